The molecule has 6 nitrogen and oxygen atoms in total. The molecule has 6 heteroatoms. The van der Waals surface area contributed by atoms with Crippen LogP contribution in [0.25, 0.3) is 0 Å². The maximum absolute atomic E-state index is 12.3. The zero-order chi connectivity index (χ0) is 14.7. The minimum atomic E-state index is -0.228. The van der Waals surface area contributed by atoms with Gasteiger partial charge in [0.05, 0.1) is 30.5 Å². The Hall–Kier alpha value is -1.87. The summed E-state index contributed by atoms with van der Waals surface area (Å²) in [4.78, 5) is 14.2. The maximum atomic E-state index is 12.3. The number of nitrogens with zero attached hydrogens (tertiary/aromatic N) is 3. The number of rotatable bonds is 3. The van der Waals surface area contributed by atoms with Gasteiger partial charge in [0, 0.05) is 19.0 Å². The molecule has 1 spiro atoms. The van der Waals surface area contributed by atoms with Crippen molar-refractivity contribution in [1.82, 2.24) is 10.1 Å². The SMILES string of the molecule is N#CCC[C@@H]1CC[C@]2(CCCN(C(=O)c3ccno3)C2)O1. The molecule has 2 aliphatic rings. The Morgan fingerprint density at radius 3 is 3.24 bits per heavy atom. The molecule has 0 aromatic carbocycles. The summed E-state index contributed by atoms with van der Waals surface area (Å²) in [5, 5.41) is 12.3. The van der Waals surface area contributed by atoms with Crippen molar-refractivity contribution >= 4 is 5.91 Å². The molecule has 1 aromatic rings. The van der Waals surface area contributed by atoms with E-state index in [1.165, 1.54) is 6.20 Å². The molecule has 0 radical (unpaired) electrons. The third-order valence-corrected chi connectivity index (χ3v) is 4.39. The van der Waals surface area contributed by atoms with Crippen LogP contribution in [0.1, 0.15) is 49.1 Å². The lowest BCUT2D eigenvalue weighted by Gasteiger charge is -2.39. The van der Waals surface area contributed by atoms with E-state index in [2.05, 4.69) is 11.2 Å². The number of likely N-dealkylation sites (tertiary alicyclic amines) is 1. The van der Waals surface area contributed by atoms with Gasteiger partial charge in [-0.05, 0) is 32.1 Å². The highest BCUT2D eigenvalue weighted by atomic mass is 16.5. The van der Waals surface area contributed by atoms with Crippen LogP contribution >= 0.6 is 0 Å². The van der Waals surface area contributed by atoms with Crippen molar-refractivity contribution in [2.45, 2.75) is 50.2 Å². The molecule has 1 amide bonds. The van der Waals surface area contributed by atoms with Crippen molar-refractivity contribution in [2.75, 3.05) is 13.1 Å². The van der Waals surface area contributed by atoms with Crippen molar-refractivity contribution < 1.29 is 14.1 Å². The van der Waals surface area contributed by atoms with Crippen LogP contribution in [0.15, 0.2) is 16.8 Å². The number of nitriles is 1. The zero-order valence-corrected chi connectivity index (χ0v) is 12.0. The average molecular weight is 289 g/mol. The van der Waals surface area contributed by atoms with Gasteiger partial charge in [0.1, 0.15) is 0 Å². The molecule has 0 unspecified atom stereocenters. The van der Waals surface area contributed by atoms with E-state index in [1.807, 2.05) is 0 Å². The lowest BCUT2D eigenvalue weighted by atomic mass is 9.89. The molecule has 2 saturated heterocycles. The van der Waals surface area contributed by atoms with Crippen LogP contribution in [0.3, 0.4) is 0 Å². The number of piperidine rings is 1. The summed E-state index contributed by atoms with van der Waals surface area (Å²) < 4.78 is 11.2. The number of amides is 1. The maximum Gasteiger partial charge on any atom is 0.292 e. The summed E-state index contributed by atoms with van der Waals surface area (Å²) in [6.07, 6.45) is 6.81. The lowest BCUT2D eigenvalue weighted by Crippen LogP contribution is -2.50. The van der Waals surface area contributed by atoms with Gasteiger partial charge < -0.3 is 14.2 Å². The van der Waals surface area contributed by atoms with Gasteiger partial charge in [0.2, 0.25) is 5.76 Å². The third kappa shape index (κ3) is 2.93. The number of hydrogen-bond acceptors (Lipinski definition) is 5. The third-order valence-electron chi connectivity index (χ3n) is 4.39. The van der Waals surface area contributed by atoms with Crippen LogP contribution in [-0.2, 0) is 4.74 Å². The van der Waals surface area contributed by atoms with Gasteiger partial charge in [-0.1, -0.05) is 5.16 Å². The van der Waals surface area contributed by atoms with Crippen LogP contribution in [0, 0.1) is 11.3 Å². The van der Waals surface area contributed by atoms with Crippen LogP contribution in [-0.4, -0.2) is 40.8 Å². The first kappa shape index (κ1) is 14.1. The van der Waals surface area contributed by atoms with E-state index in [1.54, 1.807) is 11.0 Å². The first-order valence-corrected chi connectivity index (χ1v) is 7.47. The first-order valence-electron chi connectivity index (χ1n) is 7.47. The van der Waals surface area contributed by atoms with Crippen molar-refractivity contribution in [3.05, 3.63) is 18.0 Å². The van der Waals surface area contributed by atoms with E-state index in [-0.39, 0.29) is 23.4 Å². The monoisotopic (exact) mass is 289 g/mol. The van der Waals surface area contributed by atoms with E-state index < -0.39 is 0 Å². The van der Waals surface area contributed by atoms with Crippen LogP contribution in [0.5, 0.6) is 0 Å². The fraction of sp³-hybridized carbons (Fsp3) is 0.667. The largest absolute Gasteiger partial charge is 0.370 e. The van der Waals surface area contributed by atoms with Crippen LogP contribution in [0.2, 0.25) is 0 Å². The normalized spacial score (nSPS) is 28.7. The van der Waals surface area contributed by atoms with Crippen molar-refractivity contribution in [3.63, 3.8) is 0 Å². The molecular weight excluding hydrogens is 270 g/mol. The second-order valence-electron chi connectivity index (χ2n) is 5.87. The minimum Gasteiger partial charge on any atom is -0.370 e. The van der Waals surface area contributed by atoms with Gasteiger partial charge in [0.25, 0.3) is 5.91 Å². The molecular formula is C15H19N3O3. The Balaban J connectivity index is 1.64. The van der Waals surface area contributed by atoms with Crippen molar-refractivity contribution in [2.24, 2.45) is 0 Å². The average Bonchev–Trinajstić information content (AvgIpc) is 3.15. The van der Waals surface area contributed by atoms with Gasteiger partial charge in [-0.2, -0.15) is 5.26 Å². The van der Waals surface area contributed by atoms with Gasteiger partial charge in [-0.15, -0.1) is 0 Å². The fourth-order valence-electron chi connectivity index (χ4n) is 3.38. The Kier molecular flexibility index (Phi) is 3.93. The topological polar surface area (TPSA) is 79.4 Å². The molecule has 1 aromatic heterocycles. The highest BCUT2D eigenvalue weighted by molar-refractivity contribution is 5.91. The molecule has 0 N–H and O–H groups in total. The molecule has 0 aliphatic carbocycles. The van der Waals surface area contributed by atoms with E-state index in [9.17, 15) is 4.79 Å². The minimum absolute atomic E-state index is 0.115. The Morgan fingerprint density at radius 1 is 1.57 bits per heavy atom. The second-order valence-corrected chi connectivity index (χ2v) is 5.87. The molecule has 112 valence electrons. The molecule has 21 heavy (non-hydrogen) atoms. The molecule has 0 saturated carbocycles. The predicted molar refractivity (Wildman–Crippen MR) is 73.3 cm³/mol. The highest BCUT2D eigenvalue weighted by Crippen LogP contribution is 2.39. The summed E-state index contributed by atoms with van der Waals surface area (Å²) in [7, 11) is 0. The molecule has 2 aliphatic heterocycles. The first-order chi connectivity index (χ1) is 10.2. The number of carbonyl (C=O) groups excluding carboxylic acids is 1. The fourth-order valence-corrected chi connectivity index (χ4v) is 3.38. The standard InChI is InChI=1S/C15H19N3O3/c16-8-1-3-12-4-7-15(20-12)6-2-10-18(11-15)14(19)13-5-9-17-21-13/h5,9,12H,1-4,6-7,10-11H2/t12-,15+/m1/s1. The van der Waals surface area contributed by atoms with Gasteiger partial charge >= 0.3 is 0 Å². The molecule has 3 heterocycles. The second kappa shape index (κ2) is 5.86. The van der Waals surface area contributed by atoms with E-state index in [0.29, 0.717) is 13.0 Å². The Morgan fingerprint density at radius 2 is 2.48 bits per heavy atom. The van der Waals surface area contributed by atoms with Crippen molar-refractivity contribution in [3.8, 4) is 6.07 Å². The van der Waals surface area contributed by atoms with Crippen LogP contribution in [0.4, 0.5) is 0 Å². The summed E-state index contributed by atoms with van der Waals surface area (Å²) in [6.45, 7) is 1.34. The quantitative estimate of drug-likeness (QED) is 0.851. The molecule has 2 atom stereocenters. The summed E-state index contributed by atoms with van der Waals surface area (Å²) in [5.41, 5.74) is -0.228. The smallest absolute Gasteiger partial charge is 0.292 e. The number of ether oxygens (including phenoxy) is 1. The Labute approximate surface area is 123 Å². The summed E-state index contributed by atoms with van der Waals surface area (Å²) in [6, 6.07) is 3.76. The highest BCUT2D eigenvalue weighted by Gasteiger charge is 2.44. The summed E-state index contributed by atoms with van der Waals surface area (Å²) in [5.74, 6) is 0.168. The van der Waals surface area contributed by atoms with Crippen molar-refractivity contribution in [1.29, 1.82) is 5.26 Å². The zero-order valence-electron chi connectivity index (χ0n) is 12.0. The van der Waals surface area contributed by atoms with E-state index >= 15 is 0 Å². The van der Waals surface area contributed by atoms with Gasteiger partial charge in [-0.3, -0.25) is 4.79 Å². The molecule has 0 bridgehead atoms. The molecule has 3 rings (SSSR count). The number of hydrogen-bond donors (Lipinski definition) is 0. The number of carbonyl (C=O) groups is 1. The van der Waals surface area contributed by atoms with E-state index in [0.717, 1.165) is 38.6 Å². The van der Waals surface area contributed by atoms with Crippen LogP contribution < -0.4 is 0 Å². The van der Waals surface area contributed by atoms with E-state index in [4.69, 9.17) is 14.5 Å². The molecule has 2 fully saturated rings. The predicted octanol–water partition coefficient (Wildman–Crippen LogP) is 2.13. The lowest BCUT2D eigenvalue weighted by molar-refractivity contribution is -0.0785. The van der Waals surface area contributed by atoms with Gasteiger partial charge in [0.15, 0.2) is 0 Å². The van der Waals surface area contributed by atoms with Gasteiger partial charge in [-0.25, -0.2) is 0 Å². The number of aromatic nitrogens is 1. The Bertz CT molecular complexity index is 537. The summed E-state index contributed by atoms with van der Waals surface area (Å²) >= 11 is 0.